The van der Waals surface area contributed by atoms with E-state index in [2.05, 4.69) is 16.7 Å². The summed E-state index contributed by atoms with van der Waals surface area (Å²) in [7, 11) is 0. The van der Waals surface area contributed by atoms with Crippen LogP contribution in [0.25, 0.3) is 0 Å². The van der Waals surface area contributed by atoms with Gasteiger partial charge < -0.3 is 15.4 Å². The minimum absolute atomic E-state index is 0.183. The van der Waals surface area contributed by atoms with E-state index in [4.69, 9.17) is 4.74 Å². The van der Waals surface area contributed by atoms with Crippen LogP contribution in [0, 0.1) is 20.8 Å². The molecule has 4 heteroatoms. The van der Waals surface area contributed by atoms with Gasteiger partial charge in [0, 0.05) is 6.54 Å². The summed E-state index contributed by atoms with van der Waals surface area (Å²) in [5, 5.41) is 5.65. The maximum absolute atomic E-state index is 11.8. The van der Waals surface area contributed by atoms with E-state index in [1.165, 1.54) is 16.7 Å². The summed E-state index contributed by atoms with van der Waals surface area (Å²) in [4.78, 5) is 11.8. The van der Waals surface area contributed by atoms with Gasteiger partial charge in [0.15, 0.2) is 0 Å². The zero-order valence-electron chi connectivity index (χ0n) is 14.0. The van der Waals surface area contributed by atoms with E-state index in [0.717, 1.165) is 11.3 Å². The van der Waals surface area contributed by atoms with Crippen LogP contribution in [0.3, 0.4) is 0 Å². The average molecular weight is 312 g/mol. The molecule has 0 atom stereocenters. The number of ether oxygens (including phenoxy) is 1. The van der Waals surface area contributed by atoms with E-state index in [1.807, 2.05) is 57.2 Å². The van der Waals surface area contributed by atoms with E-state index in [9.17, 15) is 4.79 Å². The Kier molecular flexibility index (Phi) is 6.03. The molecule has 4 nitrogen and oxygen atoms in total. The third-order valence-electron chi connectivity index (χ3n) is 3.55. The molecule has 23 heavy (non-hydrogen) atoms. The van der Waals surface area contributed by atoms with Crippen molar-refractivity contribution in [3.8, 4) is 5.75 Å². The SMILES string of the molecule is Cc1cc(C)cc(OCCNC(=O)NCc2ccccc2C)c1. The van der Waals surface area contributed by atoms with Gasteiger partial charge in [0.05, 0.1) is 6.54 Å². The van der Waals surface area contributed by atoms with Gasteiger partial charge in [-0.25, -0.2) is 4.79 Å². The molecular formula is C19H24N2O2. The van der Waals surface area contributed by atoms with Gasteiger partial charge in [0.25, 0.3) is 0 Å². The number of amides is 2. The van der Waals surface area contributed by atoms with E-state index in [-0.39, 0.29) is 6.03 Å². The van der Waals surface area contributed by atoms with Crippen molar-refractivity contribution >= 4 is 6.03 Å². The summed E-state index contributed by atoms with van der Waals surface area (Å²) in [5.74, 6) is 0.838. The Morgan fingerprint density at radius 3 is 2.39 bits per heavy atom. The van der Waals surface area contributed by atoms with Crippen LogP contribution in [0.4, 0.5) is 4.79 Å². The average Bonchev–Trinajstić information content (AvgIpc) is 2.50. The highest BCUT2D eigenvalue weighted by molar-refractivity contribution is 5.73. The summed E-state index contributed by atoms with van der Waals surface area (Å²) in [6, 6.07) is 13.9. The largest absolute Gasteiger partial charge is 0.492 e. The first-order valence-electron chi connectivity index (χ1n) is 7.82. The zero-order chi connectivity index (χ0) is 16.7. The lowest BCUT2D eigenvalue weighted by atomic mass is 10.1. The molecule has 0 radical (unpaired) electrons. The second-order valence-electron chi connectivity index (χ2n) is 5.71. The molecule has 2 rings (SSSR count). The lowest BCUT2D eigenvalue weighted by Crippen LogP contribution is -2.37. The Morgan fingerprint density at radius 2 is 1.70 bits per heavy atom. The number of aryl methyl sites for hydroxylation is 3. The van der Waals surface area contributed by atoms with E-state index >= 15 is 0 Å². The molecule has 0 unspecified atom stereocenters. The van der Waals surface area contributed by atoms with E-state index in [1.54, 1.807) is 0 Å². The smallest absolute Gasteiger partial charge is 0.315 e. The van der Waals surface area contributed by atoms with Gasteiger partial charge in [-0.15, -0.1) is 0 Å². The number of hydrogen-bond acceptors (Lipinski definition) is 2. The van der Waals surface area contributed by atoms with Gasteiger partial charge >= 0.3 is 6.03 Å². The number of carbonyl (C=O) groups excluding carboxylic acids is 1. The minimum atomic E-state index is -0.183. The molecule has 0 saturated carbocycles. The predicted octanol–water partition coefficient (Wildman–Crippen LogP) is 3.49. The van der Waals surface area contributed by atoms with Crippen LogP contribution >= 0.6 is 0 Å². The van der Waals surface area contributed by atoms with Crippen LogP contribution in [0.15, 0.2) is 42.5 Å². The number of rotatable bonds is 6. The third kappa shape index (κ3) is 5.66. The van der Waals surface area contributed by atoms with Crippen LogP contribution in [-0.4, -0.2) is 19.2 Å². The fourth-order valence-corrected chi connectivity index (χ4v) is 2.40. The molecule has 0 saturated heterocycles. The van der Waals surface area contributed by atoms with Crippen LogP contribution < -0.4 is 15.4 Å². The third-order valence-corrected chi connectivity index (χ3v) is 3.55. The van der Waals surface area contributed by atoms with Crippen LogP contribution in [0.5, 0.6) is 5.75 Å². The lowest BCUT2D eigenvalue weighted by molar-refractivity contribution is 0.236. The summed E-state index contributed by atoms with van der Waals surface area (Å²) in [6.07, 6.45) is 0. The van der Waals surface area contributed by atoms with Crippen LogP contribution in [-0.2, 0) is 6.54 Å². The number of benzene rings is 2. The molecule has 0 spiro atoms. The zero-order valence-corrected chi connectivity index (χ0v) is 14.0. The van der Waals surface area contributed by atoms with E-state index in [0.29, 0.717) is 19.7 Å². The van der Waals surface area contributed by atoms with Crippen molar-refractivity contribution in [2.75, 3.05) is 13.2 Å². The molecule has 2 N–H and O–H groups in total. The molecule has 0 heterocycles. The highest BCUT2D eigenvalue weighted by Crippen LogP contribution is 2.15. The van der Waals surface area contributed by atoms with Gasteiger partial charge in [-0.1, -0.05) is 30.3 Å². The molecule has 0 aliphatic heterocycles. The van der Waals surface area contributed by atoms with Gasteiger partial charge in [0.1, 0.15) is 12.4 Å². The lowest BCUT2D eigenvalue weighted by Gasteiger charge is -2.11. The molecule has 2 amide bonds. The molecule has 122 valence electrons. The van der Waals surface area contributed by atoms with E-state index < -0.39 is 0 Å². The maximum Gasteiger partial charge on any atom is 0.315 e. The van der Waals surface area contributed by atoms with Crippen molar-refractivity contribution in [2.45, 2.75) is 27.3 Å². The molecule has 0 bridgehead atoms. The molecule has 0 aromatic heterocycles. The van der Waals surface area contributed by atoms with Crippen molar-refractivity contribution < 1.29 is 9.53 Å². The summed E-state index contributed by atoms with van der Waals surface area (Å²) in [5.41, 5.74) is 4.63. The highest BCUT2D eigenvalue weighted by Gasteiger charge is 2.02. The van der Waals surface area contributed by atoms with Crippen molar-refractivity contribution in [1.29, 1.82) is 0 Å². The normalized spacial score (nSPS) is 10.2. The number of nitrogens with one attached hydrogen (secondary N) is 2. The number of carbonyl (C=O) groups is 1. The monoisotopic (exact) mass is 312 g/mol. The van der Waals surface area contributed by atoms with Gasteiger partial charge in [-0.3, -0.25) is 0 Å². The molecule has 2 aromatic rings. The van der Waals surface area contributed by atoms with Gasteiger partial charge in [-0.2, -0.15) is 0 Å². The number of hydrogen-bond donors (Lipinski definition) is 2. The first kappa shape index (κ1) is 16.9. The van der Waals surface area contributed by atoms with Crippen molar-refractivity contribution in [1.82, 2.24) is 10.6 Å². The Bertz CT molecular complexity index is 648. The summed E-state index contributed by atoms with van der Waals surface area (Å²) in [6.45, 7) is 7.55. The second kappa shape index (κ2) is 8.22. The van der Waals surface area contributed by atoms with Gasteiger partial charge in [0.2, 0.25) is 0 Å². The highest BCUT2D eigenvalue weighted by atomic mass is 16.5. The van der Waals surface area contributed by atoms with Gasteiger partial charge in [-0.05, 0) is 55.2 Å². The standard InChI is InChI=1S/C19H24N2O2/c1-14-10-15(2)12-18(11-14)23-9-8-20-19(22)21-13-17-7-5-4-6-16(17)3/h4-7,10-12H,8-9,13H2,1-3H3,(H2,20,21,22). The van der Waals surface area contributed by atoms with Crippen LogP contribution in [0.2, 0.25) is 0 Å². The Balaban J connectivity index is 1.68. The fourth-order valence-electron chi connectivity index (χ4n) is 2.40. The summed E-state index contributed by atoms with van der Waals surface area (Å²) < 4.78 is 5.66. The summed E-state index contributed by atoms with van der Waals surface area (Å²) >= 11 is 0. The second-order valence-corrected chi connectivity index (χ2v) is 5.71. The van der Waals surface area contributed by atoms with Crippen molar-refractivity contribution in [2.24, 2.45) is 0 Å². The molecule has 0 aliphatic carbocycles. The minimum Gasteiger partial charge on any atom is -0.492 e. The number of urea groups is 1. The Morgan fingerprint density at radius 1 is 1.00 bits per heavy atom. The molecule has 0 aliphatic rings. The first-order chi connectivity index (χ1) is 11.0. The quantitative estimate of drug-likeness (QED) is 0.802. The predicted molar refractivity (Wildman–Crippen MR) is 92.8 cm³/mol. The maximum atomic E-state index is 11.8. The molecule has 0 fully saturated rings. The topological polar surface area (TPSA) is 50.4 Å². The molecule has 2 aromatic carbocycles. The Labute approximate surface area is 137 Å². The molecular weight excluding hydrogens is 288 g/mol. The fraction of sp³-hybridized carbons (Fsp3) is 0.316. The first-order valence-corrected chi connectivity index (χ1v) is 7.82. The van der Waals surface area contributed by atoms with Crippen molar-refractivity contribution in [3.05, 3.63) is 64.7 Å². The van der Waals surface area contributed by atoms with Crippen LogP contribution in [0.1, 0.15) is 22.3 Å². The van der Waals surface area contributed by atoms with Crippen molar-refractivity contribution in [3.63, 3.8) is 0 Å². The Hall–Kier alpha value is -2.49.